The van der Waals surface area contributed by atoms with E-state index in [0.717, 1.165) is 24.6 Å². The number of anilines is 1. The summed E-state index contributed by atoms with van der Waals surface area (Å²) in [6, 6.07) is 9.39. The van der Waals surface area contributed by atoms with Crippen LogP contribution >= 0.6 is 0 Å². The van der Waals surface area contributed by atoms with Crippen molar-refractivity contribution in [3.8, 4) is 0 Å². The van der Waals surface area contributed by atoms with Gasteiger partial charge in [-0.15, -0.1) is 0 Å². The Morgan fingerprint density at radius 2 is 2.00 bits per heavy atom. The fraction of sp³-hybridized carbons (Fsp3) is 0.421. The van der Waals surface area contributed by atoms with Gasteiger partial charge in [0.05, 0.1) is 18.8 Å². The Morgan fingerprint density at radius 3 is 2.56 bits per heavy atom. The minimum atomic E-state index is -0.222. The van der Waals surface area contributed by atoms with Gasteiger partial charge in [0.2, 0.25) is 0 Å². The van der Waals surface area contributed by atoms with Crippen molar-refractivity contribution in [1.29, 1.82) is 0 Å². The summed E-state index contributed by atoms with van der Waals surface area (Å²) < 4.78 is 16.2. The molecule has 136 valence electrons. The first-order chi connectivity index (χ1) is 11.9. The summed E-state index contributed by atoms with van der Waals surface area (Å²) in [5, 5.41) is 3.29. The molecule has 1 N–H and O–H groups in total. The number of hydrogen-bond acceptors (Lipinski definition) is 2. The van der Waals surface area contributed by atoms with E-state index in [4.69, 9.17) is 0 Å². The second kappa shape index (κ2) is 8.55. The fourth-order valence-corrected chi connectivity index (χ4v) is 2.63. The van der Waals surface area contributed by atoms with Gasteiger partial charge in [-0.05, 0) is 36.8 Å². The van der Waals surface area contributed by atoms with Gasteiger partial charge in [-0.3, -0.25) is 0 Å². The smallest absolute Gasteiger partial charge is 0.194 e. The molecule has 0 aliphatic heterocycles. The van der Waals surface area contributed by atoms with E-state index in [2.05, 4.69) is 25.8 Å². The van der Waals surface area contributed by atoms with Crippen LogP contribution in [0, 0.1) is 5.82 Å². The first-order valence-corrected chi connectivity index (χ1v) is 8.47. The fourth-order valence-electron chi connectivity index (χ4n) is 2.63. The molecule has 2 aromatic rings. The van der Waals surface area contributed by atoms with Crippen LogP contribution in [-0.4, -0.2) is 43.1 Å². The number of nitrogens with zero attached hydrogens (tertiary/aromatic N) is 4. The summed E-state index contributed by atoms with van der Waals surface area (Å²) in [5.74, 6) is 0.584. The van der Waals surface area contributed by atoms with Crippen LogP contribution in [0.5, 0.6) is 0 Å². The first kappa shape index (κ1) is 18.8. The molecular weight excluding hydrogens is 317 g/mol. The SMILES string of the molecule is CCNC(=NCc1ccc(N(C)C)c(F)c1)N(C)Cc1cccn1C. The number of halogens is 1. The monoisotopic (exact) mass is 345 g/mol. The van der Waals surface area contributed by atoms with Gasteiger partial charge in [0.1, 0.15) is 5.82 Å². The third kappa shape index (κ3) is 4.98. The summed E-state index contributed by atoms with van der Waals surface area (Å²) in [4.78, 5) is 8.49. The molecule has 0 saturated heterocycles. The number of benzene rings is 1. The average Bonchev–Trinajstić information content (AvgIpc) is 2.96. The van der Waals surface area contributed by atoms with E-state index < -0.39 is 0 Å². The van der Waals surface area contributed by atoms with Gasteiger partial charge in [0.25, 0.3) is 0 Å². The van der Waals surface area contributed by atoms with Gasteiger partial charge in [-0.2, -0.15) is 0 Å². The predicted octanol–water partition coefficient (Wildman–Crippen LogP) is 2.83. The van der Waals surface area contributed by atoms with E-state index in [-0.39, 0.29) is 5.82 Å². The van der Waals surface area contributed by atoms with Crippen molar-refractivity contribution in [1.82, 2.24) is 14.8 Å². The number of guanidine groups is 1. The molecule has 25 heavy (non-hydrogen) atoms. The predicted molar refractivity (Wildman–Crippen MR) is 102 cm³/mol. The van der Waals surface area contributed by atoms with Crippen molar-refractivity contribution >= 4 is 11.6 Å². The highest BCUT2D eigenvalue weighted by atomic mass is 19.1. The Morgan fingerprint density at radius 1 is 1.24 bits per heavy atom. The molecule has 0 spiro atoms. The highest BCUT2D eigenvalue weighted by Gasteiger charge is 2.09. The highest BCUT2D eigenvalue weighted by Crippen LogP contribution is 2.18. The second-order valence-corrected chi connectivity index (χ2v) is 6.32. The van der Waals surface area contributed by atoms with Gasteiger partial charge in [0.15, 0.2) is 5.96 Å². The van der Waals surface area contributed by atoms with Crippen LogP contribution in [0.4, 0.5) is 10.1 Å². The van der Waals surface area contributed by atoms with Crippen LogP contribution in [-0.2, 0) is 20.1 Å². The van der Waals surface area contributed by atoms with Gasteiger partial charge in [-0.25, -0.2) is 9.38 Å². The lowest BCUT2D eigenvalue weighted by atomic mass is 10.2. The molecule has 1 aromatic heterocycles. The minimum absolute atomic E-state index is 0.222. The number of aryl methyl sites for hydroxylation is 1. The summed E-state index contributed by atoms with van der Waals surface area (Å²) in [5.41, 5.74) is 2.64. The third-order valence-electron chi connectivity index (χ3n) is 4.05. The molecule has 0 fully saturated rings. The zero-order chi connectivity index (χ0) is 18.4. The Bertz CT molecular complexity index is 720. The molecule has 5 nitrogen and oxygen atoms in total. The van der Waals surface area contributed by atoms with Crippen molar-refractivity contribution in [3.05, 3.63) is 53.6 Å². The summed E-state index contributed by atoms with van der Waals surface area (Å²) in [6.45, 7) is 4.01. The molecule has 1 heterocycles. The topological polar surface area (TPSA) is 35.8 Å². The summed E-state index contributed by atoms with van der Waals surface area (Å²) in [7, 11) is 7.70. The van der Waals surface area contributed by atoms with E-state index in [1.54, 1.807) is 17.0 Å². The molecular formula is C19H28FN5. The van der Waals surface area contributed by atoms with Crippen LogP contribution in [0.1, 0.15) is 18.2 Å². The van der Waals surface area contributed by atoms with Crippen LogP contribution in [0.25, 0.3) is 0 Å². The number of aliphatic imine (C=N–C) groups is 1. The molecule has 0 radical (unpaired) electrons. The number of rotatable bonds is 6. The molecule has 0 aliphatic carbocycles. The lowest BCUT2D eigenvalue weighted by molar-refractivity contribution is 0.462. The first-order valence-electron chi connectivity index (χ1n) is 8.47. The Kier molecular flexibility index (Phi) is 6.44. The molecule has 6 heteroatoms. The summed E-state index contributed by atoms with van der Waals surface area (Å²) in [6.07, 6.45) is 2.03. The Hall–Kier alpha value is -2.50. The van der Waals surface area contributed by atoms with Crippen molar-refractivity contribution < 1.29 is 4.39 Å². The van der Waals surface area contributed by atoms with Gasteiger partial charge in [-0.1, -0.05) is 6.07 Å². The average molecular weight is 345 g/mol. The van der Waals surface area contributed by atoms with E-state index in [1.165, 1.54) is 5.69 Å². The highest BCUT2D eigenvalue weighted by molar-refractivity contribution is 5.79. The molecule has 0 amide bonds. The number of aromatic nitrogens is 1. The second-order valence-electron chi connectivity index (χ2n) is 6.32. The molecule has 1 aromatic carbocycles. The van der Waals surface area contributed by atoms with Gasteiger partial charge < -0.3 is 19.7 Å². The molecule has 2 rings (SSSR count). The zero-order valence-electron chi connectivity index (χ0n) is 15.8. The lowest BCUT2D eigenvalue weighted by Gasteiger charge is -2.22. The van der Waals surface area contributed by atoms with Gasteiger partial charge in [0, 0.05) is 46.6 Å². The van der Waals surface area contributed by atoms with Crippen LogP contribution < -0.4 is 10.2 Å². The van der Waals surface area contributed by atoms with Crippen molar-refractivity contribution in [2.75, 3.05) is 32.6 Å². The normalized spacial score (nSPS) is 11.5. The molecule has 0 unspecified atom stereocenters. The van der Waals surface area contributed by atoms with Crippen LogP contribution in [0.3, 0.4) is 0 Å². The summed E-state index contributed by atoms with van der Waals surface area (Å²) >= 11 is 0. The van der Waals surface area contributed by atoms with Crippen molar-refractivity contribution in [2.24, 2.45) is 12.0 Å². The van der Waals surface area contributed by atoms with E-state index >= 15 is 0 Å². The van der Waals surface area contributed by atoms with E-state index in [1.807, 2.05) is 53.4 Å². The van der Waals surface area contributed by atoms with E-state index in [9.17, 15) is 4.39 Å². The maximum Gasteiger partial charge on any atom is 0.194 e. The number of hydrogen-bond donors (Lipinski definition) is 1. The maximum absolute atomic E-state index is 14.1. The Balaban J connectivity index is 2.11. The van der Waals surface area contributed by atoms with Crippen molar-refractivity contribution in [2.45, 2.75) is 20.0 Å². The quantitative estimate of drug-likeness (QED) is 0.646. The lowest BCUT2D eigenvalue weighted by Crippen LogP contribution is -2.38. The molecule has 0 aliphatic rings. The van der Waals surface area contributed by atoms with E-state index in [0.29, 0.717) is 12.2 Å². The third-order valence-corrected chi connectivity index (χ3v) is 4.05. The zero-order valence-corrected chi connectivity index (χ0v) is 15.8. The maximum atomic E-state index is 14.1. The largest absolute Gasteiger partial charge is 0.375 e. The standard InChI is InChI=1S/C19H28FN5/c1-6-21-19(25(5)14-16-8-7-11-24(16)4)22-13-15-9-10-18(23(2)3)17(20)12-15/h7-12H,6,13-14H2,1-5H3,(H,21,22). The van der Waals surface area contributed by atoms with Crippen molar-refractivity contribution in [3.63, 3.8) is 0 Å². The molecule has 0 saturated carbocycles. The van der Waals surface area contributed by atoms with Crippen LogP contribution in [0.2, 0.25) is 0 Å². The molecule has 0 atom stereocenters. The van der Waals surface area contributed by atoms with Gasteiger partial charge >= 0.3 is 0 Å². The Labute approximate surface area is 149 Å². The molecule has 0 bridgehead atoms. The minimum Gasteiger partial charge on any atom is -0.375 e. The number of nitrogens with one attached hydrogen (secondary N) is 1. The van der Waals surface area contributed by atoms with Crippen LogP contribution in [0.15, 0.2) is 41.5 Å².